The summed E-state index contributed by atoms with van der Waals surface area (Å²) in [6.45, 7) is 4.37. The third kappa shape index (κ3) is 4.78. The van der Waals surface area contributed by atoms with E-state index < -0.39 is 11.7 Å². The topological polar surface area (TPSA) is 27.1 Å². The predicted molar refractivity (Wildman–Crippen MR) is 132 cm³/mol. The van der Waals surface area contributed by atoms with Crippen molar-refractivity contribution in [2.24, 2.45) is 0 Å². The van der Waals surface area contributed by atoms with Gasteiger partial charge in [0.25, 0.3) is 0 Å². The van der Waals surface area contributed by atoms with E-state index in [4.69, 9.17) is 4.74 Å². The van der Waals surface area contributed by atoms with Crippen molar-refractivity contribution in [3.63, 3.8) is 0 Å². The van der Waals surface area contributed by atoms with Crippen LogP contribution in [0.2, 0.25) is 0 Å². The molecular weight excluding hydrogens is 449 g/mol. The number of rotatable bonds is 5. The smallest absolute Gasteiger partial charge is 0.418 e. The highest BCUT2D eigenvalue weighted by Crippen LogP contribution is 2.38. The van der Waals surface area contributed by atoms with Crippen LogP contribution in [0.15, 0.2) is 91.0 Å². The summed E-state index contributed by atoms with van der Waals surface area (Å²) in [4.78, 5) is 0. The molecule has 1 aromatic heterocycles. The van der Waals surface area contributed by atoms with E-state index in [0.717, 1.165) is 34.1 Å². The van der Waals surface area contributed by atoms with Gasteiger partial charge in [-0.2, -0.15) is 18.3 Å². The zero-order valence-electron chi connectivity index (χ0n) is 19.3. The molecule has 3 nitrogen and oxygen atoms in total. The van der Waals surface area contributed by atoms with Gasteiger partial charge in [0.1, 0.15) is 17.0 Å². The van der Waals surface area contributed by atoms with Gasteiger partial charge in [0.2, 0.25) is 0 Å². The second-order valence-corrected chi connectivity index (χ2v) is 8.64. The summed E-state index contributed by atoms with van der Waals surface area (Å²) in [5, 5.41) is 4.88. The molecule has 176 valence electrons. The molecule has 0 N–H and O–H groups in total. The van der Waals surface area contributed by atoms with Gasteiger partial charge in [-0.1, -0.05) is 48.5 Å². The first kappa shape index (κ1) is 22.7. The summed E-state index contributed by atoms with van der Waals surface area (Å²) >= 11 is 0. The van der Waals surface area contributed by atoms with Crippen LogP contribution in [-0.2, 0) is 12.7 Å². The van der Waals surface area contributed by atoms with Crippen LogP contribution in [-0.4, -0.2) is 9.78 Å². The molecule has 0 bridgehead atoms. The zero-order valence-corrected chi connectivity index (χ0v) is 19.3. The Morgan fingerprint density at radius 3 is 2.11 bits per heavy atom. The Morgan fingerprint density at radius 1 is 0.771 bits per heavy atom. The lowest BCUT2D eigenvalue weighted by Crippen LogP contribution is -2.06. The van der Waals surface area contributed by atoms with Crippen LogP contribution in [0, 0.1) is 13.8 Å². The minimum Gasteiger partial charge on any atom is -0.457 e. The highest BCUT2D eigenvalue weighted by Gasteiger charge is 2.34. The fraction of sp³-hybridized carbons (Fsp3) is 0.138. The van der Waals surface area contributed by atoms with Gasteiger partial charge in [-0.15, -0.1) is 0 Å². The van der Waals surface area contributed by atoms with Crippen molar-refractivity contribution < 1.29 is 17.9 Å². The van der Waals surface area contributed by atoms with Crippen LogP contribution in [0.25, 0.3) is 22.2 Å². The minimum atomic E-state index is -4.49. The molecule has 5 aromatic rings. The Hall–Kier alpha value is -4.06. The maximum atomic E-state index is 13.7. The second kappa shape index (κ2) is 8.95. The highest BCUT2D eigenvalue weighted by molar-refractivity contribution is 5.95. The van der Waals surface area contributed by atoms with Crippen molar-refractivity contribution in [2.45, 2.75) is 26.6 Å². The van der Waals surface area contributed by atoms with Crippen molar-refractivity contribution in [3.8, 4) is 22.8 Å². The average molecular weight is 473 g/mol. The lowest BCUT2D eigenvalue weighted by molar-refractivity contribution is -0.136. The highest BCUT2D eigenvalue weighted by atomic mass is 19.4. The van der Waals surface area contributed by atoms with Crippen LogP contribution < -0.4 is 4.74 Å². The summed E-state index contributed by atoms with van der Waals surface area (Å²) in [6, 6.07) is 27.1. The van der Waals surface area contributed by atoms with Crippen molar-refractivity contribution in [2.75, 3.05) is 0 Å². The van der Waals surface area contributed by atoms with Crippen molar-refractivity contribution >= 4 is 10.9 Å². The maximum absolute atomic E-state index is 13.7. The standard InChI is InChI=1S/C29H23F3N2O/c1-19-15-20(2)17-24(16-19)35-23-13-11-22(12-14-23)28-25-9-6-10-26(29(30,31)32)27(25)33-34(28)18-21-7-4-3-5-8-21/h3-17H,18H2,1-2H3. The van der Waals surface area contributed by atoms with E-state index in [1.165, 1.54) is 6.07 Å². The Balaban J connectivity index is 1.58. The average Bonchev–Trinajstić information content (AvgIpc) is 3.16. The summed E-state index contributed by atoms with van der Waals surface area (Å²) in [5.74, 6) is 1.39. The fourth-order valence-electron chi connectivity index (χ4n) is 4.36. The molecule has 0 amide bonds. The van der Waals surface area contributed by atoms with Crippen LogP contribution in [0.1, 0.15) is 22.3 Å². The molecule has 35 heavy (non-hydrogen) atoms. The van der Waals surface area contributed by atoms with E-state index in [9.17, 15) is 13.2 Å². The van der Waals surface area contributed by atoms with Gasteiger partial charge in [0, 0.05) is 10.9 Å². The number of aryl methyl sites for hydroxylation is 2. The molecule has 0 saturated heterocycles. The van der Waals surface area contributed by atoms with Crippen molar-refractivity contribution in [1.82, 2.24) is 9.78 Å². The SMILES string of the molecule is Cc1cc(C)cc(Oc2ccc(-c3c4cccc(C(F)(F)F)c4nn3Cc3ccccc3)cc2)c1. The first-order valence-corrected chi connectivity index (χ1v) is 11.3. The van der Waals surface area contributed by atoms with E-state index in [1.54, 1.807) is 10.7 Å². The molecule has 0 unspecified atom stereocenters. The summed E-state index contributed by atoms with van der Waals surface area (Å²) in [6.07, 6.45) is -4.49. The fourth-order valence-corrected chi connectivity index (χ4v) is 4.36. The molecule has 0 fully saturated rings. The molecule has 0 saturated carbocycles. The first-order valence-electron chi connectivity index (χ1n) is 11.3. The Kier molecular flexibility index (Phi) is 5.81. The van der Waals surface area contributed by atoms with Gasteiger partial charge < -0.3 is 4.74 Å². The van der Waals surface area contributed by atoms with E-state index in [1.807, 2.05) is 80.6 Å². The van der Waals surface area contributed by atoms with E-state index >= 15 is 0 Å². The van der Waals surface area contributed by atoms with Gasteiger partial charge in [0.05, 0.1) is 17.8 Å². The molecule has 4 aromatic carbocycles. The number of hydrogen-bond donors (Lipinski definition) is 0. The third-order valence-electron chi connectivity index (χ3n) is 5.81. The number of alkyl halides is 3. The Morgan fingerprint density at radius 2 is 1.46 bits per heavy atom. The van der Waals surface area contributed by atoms with Gasteiger partial charge in [-0.25, -0.2) is 0 Å². The van der Waals surface area contributed by atoms with Crippen LogP contribution in [0.3, 0.4) is 0 Å². The molecule has 1 heterocycles. The number of aromatic nitrogens is 2. The lowest BCUT2D eigenvalue weighted by atomic mass is 10.0. The largest absolute Gasteiger partial charge is 0.457 e. The third-order valence-corrected chi connectivity index (χ3v) is 5.81. The number of benzene rings is 4. The molecule has 0 spiro atoms. The van der Waals surface area contributed by atoms with E-state index in [2.05, 4.69) is 11.2 Å². The number of nitrogens with zero attached hydrogens (tertiary/aromatic N) is 2. The molecule has 0 aliphatic carbocycles. The van der Waals surface area contributed by atoms with Crippen LogP contribution in [0.4, 0.5) is 13.2 Å². The Labute approximate surface area is 201 Å². The van der Waals surface area contributed by atoms with E-state index in [0.29, 0.717) is 23.4 Å². The van der Waals surface area contributed by atoms with Gasteiger partial charge in [0.15, 0.2) is 0 Å². The Bertz CT molecular complexity index is 1470. The molecule has 0 aliphatic heterocycles. The van der Waals surface area contributed by atoms with Gasteiger partial charge in [-0.05, 0) is 73.0 Å². The van der Waals surface area contributed by atoms with Crippen LogP contribution in [0.5, 0.6) is 11.5 Å². The van der Waals surface area contributed by atoms with Gasteiger partial charge in [-0.3, -0.25) is 4.68 Å². The summed E-state index contributed by atoms with van der Waals surface area (Å²) in [7, 11) is 0. The number of hydrogen-bond acceptors (Lipinski definition) is 2. The van der Waals surface area contributed by atoms with Crippen molar-refractivity contribution in [1.29, 1.82) is 0 Å². The summed E-state index contributed by atoms with van der Waals surface area (Å²) < 4.78 is 48.9. The minimum absolute atomic E-state index is 0.0542. The van der Waals surface area contributed by atoms with E-state index in [-0.39, 0.29) is 5.52 Å². The van der Waals surface area contributed by atoms with Gasteiger partial charge >= 0.3 is 6.18 Å². The first-order chi connectivity index (χ1) is 16.8. The molecule has 0 radical (unpaired) electrons. The normalized spacial score (nSPS) is 11.7. The number of fused-ring (bicyclic) bond motifs is 1. The number of halogens is 3. The quantitative estimate of drug-likeness (QED) is 0.258. The van der Waals surface area contributed by atoms with Crippen LogP contribution >= 0.6 is 0 Å². The molecule has 6 heteroatoms. The zero-order chi connectivity index (χ0) is 24.6. The van der Waals surface area contributed by atoms with Crippen molar-refractivity contribution in [3.05, 3.63) is 113 Å². The monoisotopic (exact) mass is 472 g/mol. The summed E-state index contributed by atoms with van der Waals surface area (Å²) in [5.41, 5.74) is 3.76. The predicted octanol–water partition coefficient (Wildman–Crippen LogP) is 8.18. The second-order valence-electron chi connectivity index (χ2n) is 8.64. The molecule has 0 aliphatic rings. The molecule has 0 atom stereocenters. The maximum Gasteiger partial charge on any atom is 0.418 e. The lowest BCUT2D eigenvalue weighted by Gasteiger charge is -2.11. The molecule has 5 rings (SSSR count). The molecular formula is C29H23F3N2O. The number of ether oxygens (including phenoxy) is 1.